The van der Waals surface area contributed by atoms with Crippen LogP contribution >= 0.6 is 0 Å². The summed E-state index contributed by atoms with van der Waals surface area (Å²) in [5.41, 5.74) is 1.31. The number of allylic oxidation sites excluding steroid dienone is 2. The summed E-state index contributed by atoms with van der Waals surface area (Å²) in [6.45, 7) is 12.6. The van der Waals surface area contributed by atoms with Gasteiger partial charge < -0.3 is 15.3 Å². The number of unbranched alkanes of at least 4 members (excludes halogenated alkanes) is 2. The van der Waals surface area contributed by atoms with Crippen LogP contribution in [0, 0.1) is 11.8 Å². The normalized spacial score (nSPS) is 24.6. The van der Waals surface area contributed by atoms with Gasteiger partial charge in [-0.05, 0) is 77.2 Å². The first-order valence-corrected chi connectivity index (χ1v) is 12.5. The lowest BCUT2D eigenvalue weighted by Crippen LogP contribution is -2.28. The molecule has 0 aromatic heterocycles. The zero-order chi connectivity index (χ0) is 22.8. The van der Waals surface area contributed by atoms with Crippen LogP contribution in [0.15, 0.2) is 23.3 Å². The van der Waals surface area contributed by atoms with Crippen LogP contribution in [0.25, 0.3) is 0 Å². The van der Waals surface area contributed by atoms with E-state index in [0.29, 0.717) is 5.92 Å². The Morgan fingerprint density at radius 2 is 1.50 bits per heavy atom. The minimum Gasteiger partial charge on any atom is -0.390 e. The van der Waals surface area contributed by atoms with Crippen molar-refractivity contribution < 1.29 is 15.3 Å². The fourth-order valence-electron chi connectivity index (χ4n) is 4.51. The van der Waals surface area contributed by atoms with Crippen LogP contribution in [0.1, 0.15) is 119 Å². The minimum atomic E-state index is -0.634. The average Bonchev–Trinajstić information content (AvgIpc) is 2.64. The average molecular weight is 423 g/mol. The summed E-state index contributed by atoms with van der Waals surface area (Å²) in [5.74, 6) is 0.847. The van der Waals surface area contributed by atoms with Crippen LogP contribution in [-0.4, -0.2) is 32.6 Å². The van der Waals surface area contributed by atoms with Crippen molar-refractivity contribution >= 4 is 0 Å². The molecule has 1 rings (SSSR count). The molecule has 3 heteroatoms. The number of aliphatic hydroxyl groups is 3. The molecule has 30 heavy (non-hydrogen) atoms. The Kier molecular flexibility index (Phi) is 11.9. The predicted molar refractivity (Wildman–Crippen MR) is 129 cm³/mol. The van der Waals surface area contributed by atoms with E-state index in [-0.39, 0.29) is 12.0 Å². The van der Waals surface area contributed by atoms with Crippen molar-refractivity contribution in [3.63, 3.8) is 0 Å². The van der Waals surface area contributed by atoms with E-state index in [9.17, 15) is 15.3 Å². The van der Waals surface area contributed by atoms with Gasteiger partial charge in [-0.2, -0.15) is 0 Å². The molecule has 0 aromatic carbocycles. The van der Waals surface area contributed by atoms with Crippen molar-refractivity contribution in [2.75, 3.05) is 0 Å². The van der Waals surface area contributed by atoms with Crippen molar-refractivity contribution in [3.8, 4) is 0 Å². The Hall–Kier alpha value is -0.640. The van der Waals surface area contributed by atoms with E-state index in [2.05, 4.69) is 33.8 Å². The molecule has 3 N–H and O–H groups in total. The molecule has 1 aliphatic rings. The van der Waals surface area contributed by atoms with E-state index < -0.39 is 11.2 Å². The molecule has 0 saturated heterocycles. The lowest BCUT2D eigenvalue weighted by Gasteiger charge is -2.28. The Labute approximate surface area is 186 Å². The number of hydrogen-bond donors (Lipinski definition) is 3. The maximum atomic E-state index is 10.7. The van der Waals surface area contributed by atoms with Crippen LogP contribution in [0.5, 0.6) is 0 Å². The highest BCUT2D eigenvalue weighted by Crippen LogP contribution is 2.29. The molecule has 3 nitrogen and oxygen atoms in total. The molecule has 176 valence electrons. The Morgan fingerprint density at radius 1 is 0.933 bits per heavy atom. The Bertz CT molecular complexity index is 544. The molecule has 0 radical (unpaired) electrons. The molecule has 0 heterocycles. The van der Waals surface area contributed by atoms with Gasteiger partial charge in [0.15, 0.2) is 0 Å². The fourth-order valence-corrected chi connectivity index (χ4v) is 4.51. The van der Waals surface area contributed by atoms with Crippen molar-refractivity contribution in [1.29, 1.82) is 0 Å². The molecule has 1 aliphatic carbocycles. The summed E-state index contributed by atoms with van der Waals surface area (Å²) in [6.07, 6.45) is 15.8. The monoisotopic (exact) mass is 422 g/mol. The molecule has 5 unspecified atom stereocenters. The molecule has 0 saturated carbocycles. The maximum absolute atomic E-state index is 10.7. The lowest BCUT2D eigenvalue weighted by atomic mass is 9.85. The number of aliphatic hydroxyl groups excluding tert-OH is 1. The molecular weight excluding hydrogens is 372 g/mol. The van der Waals surface area contributed by atoms with Crippen molar-refractivity contribution in [2.24, 2.45) is 11.8 Å². The van der Waals surface area contributed by atoms with E-state index in [0.717, 1.165) is 64.2 Å². The van der Waals surface area contributed by atoms with Crippen molar-refractivity contribution in [3.05, 3.63) is 23.3 Å². The highest BCUT2D eigenvalue weighted by molar-refractivity contribution is 5.30. The number of rotatable bonds is 15. The third-order valence-corrected chi connectivity index (χ3v) is 7.12. The quantitative estimate of drug-likeness (QED) is 0.257. The largest absolute Gasteiger partial charge is 0.390 e. The molecule has 0 bridgehead atoms. The fraction of sp³-hybridized carbons (Fsp3) is 0.852. The standard InChI is InChI=1S/C27H50O3/c1-7-8-9-15-26(5,29)17-11-18-27(6,30)16-10-12-21(2)13-14-24-19-22(3)23(4)25(28)20-24/h19-21,23,25,28-30H,7-18H2,1-6H3. The van der Waals surface area contributed by atoms with E-state index in [1.54, 1.807) is 0 Å². The van der Waals surface area contributed by atoms with Gasteiger partial charge >= 0.3 is 0 Å². The van der Waals surface area contributed by atoms with Crippen LogP contribution < -0.4 is 0 Å². The highest BCUT2D eigenvalue weighted by Gasteiger charge is 2.24. The second-order valence-corrected chi connectivity index (χ2v) is 10.7. The predicted octanol–water partition coefficient (Wildman–Crippen LogP) is 6.71. The summed E-state index contributed by atoms with van der Waals surface area (Å²) < 4.78 is 0. The highest BCUT2D eigenvalue weighted by atomic mass is 16.3. The third kappa shape index (κ3) is 11.1. The van der Waals surface area contributed by atoms with Gasteiger partial charge in [0, 0.05) is 5.92 Å². The Morgan fingerprint density at radius 3 is 2.07 bits per heavy atom. The molecule has 0 amide bonds. The molecule has 0 fully saturated rings. The van der Waals surface area contributed by atoms with Crippen LogP contribution in [-0.2, 0) is 0 Å². The summed E-state index contributed by atoms with van der Waals surface area (Å²) in [5, 5.41) is 31.4. The molecule has 0 aliphatic heterocycles. The maximum Gasteiger partial charge on any atom is 0.0789 e. The van der Waals surface area contributed by atoms with E-state index >= 15 is 0 Å². The number of hydrogen-bond acceptors (Lipinski definition) is 3. The molecule has 0 aromatic rings. The lowest BCUT2D eigenvalue weighted by molar-refractivity contribution is 0.0107. The van der Waals surface area contributed by atoms with Gasteiger partial charge in [0.25, 0.3) is 0 Å². The first-order valence-electron chi connectivity index (χ1n) is 12.5. The van der Waals surface area contributed by atoms with Crippen LogP contribution in [0.3, 0.4) is 0 Å². The van der Waals surface area contributed by atoms with Gasteiger partial charge in [0.05, 0.1) is 17.3 Å². The van der Waals surface area contributed by atoms with Crippen molar-refractivity contribution in [1.82, 2.24) is 0 Å². The van der Waals surface area contributed by atoms with Gasteiger partial charge in [-0.25, -0.2) is 0 Å². The topological polar surface area (TPSA) is 60.7 Å². The smallest absolute Gasteiger partial charge is 0.0789 e. The zero-order valence-corrected chi connectivity index (χ0v) is 20.7. The van der Waals surface area contributed by atoms with Gasteiger partial charge in [-0.1, -0.05) is 70.6 Å². The summed E-state index contributed by atoms with van der Waals surface area (Å²) in [4.78, 5) is 0. The summed E-state index contributed by atoms with van der Waals surface area (Å²) in [7, 11) is 0. The first-order chi connectivity index (χ1) is 14.0. The second kappa shape index (κ2) is 13.0. The molecular formula is C27H50O3. The van der Waals surface area contributed by atoms with E-state index in [1.165, 1.54) is 24.0 Å². The van der Waals surface area contributed by atoms with Crippen LogP contribution in [0.4, 0.5) is 0 Å². The van der Waals surface area contributed by atoms with Gasteiger partial charge in [-0.3, -0.25) is 0 Å². The Balaban J connectivity index is 2.24. The molecule has 5 atom stereocenters. The van der Waals surface area contributed by atoms with E-state index in [1.807, 2.05) is 19.9 Å². The SMILES string of the molecule is CCCCCC(C)(O)CCCC(C)(O)CCCC(C)CCC1=CC(O)C(C)C(C)=C1. The minimum absolute atomic E-state index is 0.230. The van der Waals surface area contributed by atoms with Gasteiger partial charge in [-0.15, -0.1) is 0 Å². The second-order valence-electron chi connectivity index (χ2n) is 10.7. The first kappa shape index (κ1) is 27.4. The molecule has 0 spiro atoms. The van der Waals surface area contributed by atoms with Crippen LogP contribution in [0.2, 0.25) is 0 Å². The van der Waals surface area contributed by atoms with E-state index in [4.69, 9.17) is 0 Å². The zero-order valence-electron chi connectivity index (χ0n) is 20.7. The summed E-state index contributed by atoms with van der Waals surface area (Å²) >= 11 is 0. The van der Waals surface area contributed by atoms with Gasteiger partial charge in [0.2, 0.25) is 0 Å². The third-order valence-electron chi connectivity index (χ3n) is 7.12. The van der Waals surface area contributed by atoms with Crippen molar-refractivity contribution in [2.45, 2.75) is 136 Å². The summed E-state index contributed by atoms with van der Waals surface area (Å²) in [6, 6.07) is 0. The van der Waals surface area contributed by atoms with Gasteiger partial charge in [0.1, 0.15) is 0 Å².